The molecule has 0 atom stereocenters. The minimum Gasteiger partial charge on any atom is -0.505 e. The van der Waals surface area contributed by atoms with Crippen LogP contribution in [0.2, 0.25) is 0 Å². The average Bonchev–Trinajstić information content (AvgIpc) is 2.59. The topological polar surface area (TPSA) is 60.3 Å². The maximum Gasteiger partial charge on any atom is 0.203 e. The summed E-state index contributed by atoms with van der Waals surface area (Å²) in [4.78, 5) is 4.49. The zero-order chi connectivity index (χ0) is 19.5. The molecule has 0 unspecified atom stereocenters. The van der Waals surface area contributed by atoms with Crippen LogP contribution in [0.3, 0.4) is 0 Å². The number of aliphatic imine (C=N–C) groups is 1. The first-order valence-electron chi connectivity index (χ1n) is 8.39. The van der Waals surface area contributed by atoms with Crippen molar-refractivity contribution < 1.29 is 19.3 Å². The summed E-state index contributed by atoms with van der Waals surface area (Å²) in [6.07, 6.45) is 1.67. The molecule has 0 aliphatic heterocycles. The zero-order valence-corrected chi connectivity index (χ0v) is 16.5. The van der Waals surface area contributed by atoms with Gasteiger partial charge in [0.15, 0.2) is 11.5 Å². The summed E-state index contributed by atoms with van der Waals surface area (Å²) < 4.78 is 16.1. The van der Waals surface area contributed by atoms with Crippen LogP contribution < -0.4 is 14.2 Å². The van der Waals surface area contributed by atoms with E-state index in [1.165, 1.54) is 0 Å². The highest BCUT2D eigenvalue weighted by Gasteiger charge is 2.20. The van der Waals surface area contributed by atoms with Gasteiger partial charge in [-0.3, -0.25) is 4.99 Å². The molecule has 0 bridgehead atoms. The lowest BCUT2D eigenvalue weighted by Gasteiger charge is -2.21. The Bertz CT molecular complexity index is 794. The Kier molecular flexibility index (Phi) is 5.80. The van der Waals surface area contributed by atoms with Gasteiger partial charge in [0.2, 0.25) is 5.75 Å². The van der Waals surface area contributed by atoms with Crippen molar-refractivity contribution in [3.8, 4) is 23.0 Å². The summed E-state index contributed by atoms with van der Waals surface area (Å²) in [6.45, 7) is 8.18. The molecule has 5 nitrogen and oxygen atoms in total. The quantitative estimate of drug-likeness (QED) is 0.783. The van der Waals surface area contributed by atoms with Gasteiger partial charge in [-0.25, -0.2) is 0 Å². The summed E-state index contributed by atoms with van der Waals surface area (Å²) >= 11 is 0. The van der Waals surface area contributed by atoms with Gasteiger partial charge < -0.3 is 19.3 Å². The first-order chi connectivity index (χ1) is 12.2. The van der Waals surface area contributed by atoms with Crippen LogP contribution in [0.1, 0.15) is 37.5 Å². The van der Waals surface area contributed by atoms with Crippen molar-refractivity contribution in [3.63, 3.8) is 0 Å². The number of phenols is 1. The normalized spacial score (nSPS) is 11.7. The van der Waals surface area contributed by atoms with E-state index in [0.717, 1.165) is 16.7 Å². The maximum atomic E-state index is 10.6. The van der Waals surface area contributed by atoms with Gasteiger partial charge in [0.1, 0.15) is 11.4 Å². The van der Waals surface area contributed by atoms with Crippen molar-refractivity contribution in [1.29, 1.82) is 0 Å². The average molecular weight is 357 g/mol. The van der Waals surface area contributed by atoms with Crippen molar-refractivity contribution in [3.05, 3.63) is 41.0 Å². The highest BCUT2D eigenvalue weighted by molar-refractivity contribution is 5.85. The summed E-state index contributed by atoms with van der Waals surface area (Å²) in [6, 6.07) is 7.47. The Morgan fingerprint density at radius 1 is 0.923 bits per heavy atom. The Labute approximate surface area is 155 Å². The number of aromatic hydroxyl groups is 1. The molecule has 5 heteroatoms. The lowest BCUT2D eigenvalue weighted by Crippen LogP contribution is -2.11. The fourth-order valence-corrected chi connectivity index (χ4v) is 2.75. The van der Waals surface area contributed by atoms with Gasteiger partial charge >= 0.3 is 0 Å². The molecule has 26 heavy (non-hydrogen) atoms. The van der Waals surface area contributed by atoms with E-state index in [9.17, 15) is 5.11 Å². The van der Waals surface area contributed by atoms with E-state index >= 15 is 0 Å². The van der Waals surface area contributed by atoms with E-state index in [-0.39, 0.29) is 11.2 Å². The molecule has 140 valence electrons. The molecule has 1 N–H and O–H groups in total. The summed E-state index contributed by atoms with van der Waals surface area (Å²) in [5.74, 6) is 1.83. The minimum absolute atomic E-state index is 0.174. The molecule has 0 aliphatic carbocycles. The van der Waals surface area contributed by atoms with Crippen LogP contribution in [0, 0.1) is 6.92 Å². The lowest BCUT2D eigenvalue weighted by molar-refractivity contribution is 0.324. The number of rotatable bonds is 5. The molecule has 0 radical (unpaired) electrons. The molecular weight excluding hydrogens is 330 g/mol. The monoisotopic (exact) mass is 357 g/mol. The summed E-state index contributed by atoms with van der Waals surface area (Å²) in [5, 5.41) is 10.6. The fourth-order valence-electron chi connectivity index (χ4n) is 2.75. The van der Waals surface area contributed by atoms with Gasteiger partial charge in [-0.2, -0.15) is 0 Å². The minimum atomic E-state index is -0.174. The predicted molar refractivity (Wildman–Crippen MR) is 105 cm³/mol. The molecule has 0 fully saturated rings. The molecule has 2 aromatic carbocycles. The molecule has 0 amide bonds. The highest BCUT2D eigenvalue weighted by atomic mass is 16.5. The van der Waals surface area contributed by atoms with Crippen LogP contribution in [-0.2, 0) is 5.41 Å². The van der Waals surface area contributed by atoms with Crippen molar-refractivity contribution in [2.75, 3.05) is 21.3 Å². The number of nitrogens with zero attached hydrogens (tertiary/aromatic N) is 1. The molecular formula is C21H27NO4. The van der Waals surface area contributed by atoms with Gasteiger partial charge in [-0.05, 0) is 36.1 Å². The molecule has 2 aromatic rings. The molecule has 0 aromatic heterocycles. The Hall–Kier alpha value is -2.69. The van der Waals surface area contributed by atoms with E-state index in [1.54, 1.807) is 27.5 Å². The van der Waals surface area contributed by atoms with Crippen LogP contribution in [0.5, 0.6) is 23.0 Å². The van der Waals surface area contributed by atoms with Gasteiger partial charge in [0, 0.05) is 17.3 Å². The number of aryl methyl sites for hydroxylation is 1. The predicted octanol–water partition coefficient (Wildman–Crippen LogP) is 4.77. The smallest absolute Gasteiger partial charge is 0.203 e. The van der Waals surface area contributed by atoms with Gasteiger partial charge in [-0.15, -0.1) is 0 Å². The number of benzene rings is 2. The standard InChI is InChI=1S/C21H27NO4/c1-13-8-15(21(2,3)4)19(23)16(9-13)22-12-14-10-17(24-5)20(26-7)18(11-14)25-6/h8-12,23H,1-7H3. The second-order valence-corrected chi connectivity index (χ2v) is 7.15. The second kappa shape index (κ2) is 7.68. The zero-order valence-electron chi connectivity index (χ0n) is 16.5. The van der Waals surface area contributed by atoms with Crippen LogP contribution in [0.15, 0.2) is 29.3 Å². The fraction of sp³-hybridized carbons (Fsp3) is 0.381. The van der Waals surface area contributed by atoms with Gasteiger partial charge in [0.05, 0.1) is 21.3 Å². The van der Waals surface area contributed by atoms with E-state index in [4.69, 9.17) is 14.2 Å². The Morgan fingerprint density at radius 3 is 1.96 bits per heavy atom. The summed E-state index contributed by atoms with van der Waals surface area (Å²) in [7, 11) is 4.70. The Morgan fingerprint density at radius 2 is 1.50 bits per heavy atom. The third kappa shape index (κ3) is 4.10. The van der Waals surface area contributed by atoms with Crippen molar-refractivity contribution in [2.24, 2.45) is 4.99 Å². The van der Waals surface area contributed by atoms with E-state index in [0.29, 0.717) is 22.9 Å². The van der Waals surface area contributed by atoms with E-state index in [1.807, 2.05) is 31.2 Å². The van der Waals surface area contributed by atoms with Crippen LogP contribution >= 0.6 is 0 Å². The van der Waals surface area contributed by atoms with Crippen molar-refractivity contribution >= 4 is 11.9 Å². The van der Waals surface area contributed by atoms with Gasteiger partial charge in [-0.1, -0.05) is 26.8 Å². The molecule has 0 aliphatic rings. The van der Waals surface area contributed by atoms with Crippen LogP contribution in [0.4, 0.5) is 5.69 Å². The van der Waals surface area contributed by atoms with Crippen molar-refractivity contribution in [1.82, 2.24) is 0 Å². The van der Waals surface area contributed by atoms with Crippen molar-refractivity contribution in [2.45, 2.75) is 33.1 Å². The molecule has 0 saturated carbocycles. The first kappa shape index (κ1) is 19.6. The third-order valence-corrected chi connectivity index (χ3v) is 4.08. The maximum absolute atomic E-state index is 10.6. The molecule has 0 spiro atoms. The van der Waals surface area contributed by atoms with Crippen LogP contribution in [0.25, 0.3) is 0 Å². The largest absolute Gasteiger partial charge is 0.505 e. The highest BCUT2D eigenvalue weighted by Crippen LogP contribution is 2.40. The number of ether oxygens (including phenoxy) is 3. The van der Waals surface area contributed by atoms with Gasteiger partial charge in [0.25, 0.3) is 0 Å². The number of methoxy groups -OCH3 is 3. The van der Waals surface area contributed by atoms with E-state index < -0.39 is 0 Å². The van der Waals surface area contributed by atoms with Crippen LogP contribution in [-0.4, -0.2) is 32.7 Å². The second-order valence-electron chi connectivity index (χ2n) is 7.15. The SMILES string of the molecule is COc1cc(C=Nc2cc(C)cc(C(C)(C)C)c2O)cc(OC)c1OC. The Balaban J connectivity index is 2.49. The number of hydrogen-bond acceptors (Lipinski definition) is 5. The summed E-state index contributed by atoms with van der Waals surface area (Å²) in [5.41, 5.74) is 3.05. The molecule has 0 saturated heterocycles. The third-order valence-electron chi connectivity index (χ3n) is 4.08. The molecule has 0 heterocycles. The lowest BCUT2D eigenvalue weighted by atomic mass is 9.85. The number of hydrogen-bond donors (Lipinski definition) is 1. The number of phenolic OH excluding ortho intramolecular Hbond substituents is 1. The molecule has 2 rings (SSSR count). The van der Waals surface area contributed by atoms with E-state index in [2.05, 4.69) is 25.8 Å². The first-order valence-corrected chi connectivity index (χ1v) is 8.39.